The highest BCUT2D eigenvalue weighted by Gasteiger charge is 2.35. The van der Waals surface area contributed by atoms with Gasteiger partial charge in [-0.3, -0.25) is 9.69 Å². The number of rotatable bonds is 5. The van der Waals surface area contributed by atoms with Gasteiger partial charge in [0.15, 0.2) is 0 Å². The minimum atomic E-state index is -0.623. The number of amides is 1. The lowest BCUT2D eigenvalue weighted by molar-refractivity contribution is -0.154. The molecule has 0 saturated carbocycles. The van der Waals surface area contributed by atoms with Gasteiger partial charge in [-0.2, -0.15) is 0 Å². The molecule has 2 atom stereocenters. The van der Waals surface area contributed by atoms with Crippen molar-refractivity contribution in [1.82, 2.24) is 9.80 Å². The first-order valence-corrected chi connectivity index (χ1v) is 9.30. The van der Waals surface area contributed by atoms with Gasteiger partial charge >= 0.3 is 5.97 Å². The van der Waals surface area contributed by atoms with Crippen LogP contribution in [0.4, 0.5) is 4.39 Å². The van der Waals surface area contributed by atoms with Crippen LogP contribution in [0.1, 0.15) is 29.7 Å². The molecule has 1 aliphatic rings. The van der Waals surface area contributed by atoms with E-state index in [1.807, 2.05) is 43.1 Å². The number of nitrogens with zero attached hydrogens (tertiary/aromatic N) is 2. The summed E-state index contributed by atoms with van der Waals surface area (Å²) in [6.45, 7) is 2.49. The third kappa shape index (κ3) is 4.22. The van der Waals surface area contributed by atoms with Crippen molar-refractivity contribution in [2.45, 2.75) is 32.0 Å². The van der Waals surface area contributed by atoms with Crippen molar-refractivity contribution in [3.8, 4) is 0 Å². The Bertz CT molecular complexity index is 853. The summed E-state index contributed by atoms with van der Waals surface area (Å²) in [5.74, 6) is -0.832. The maximum absolute atomic E-state index is 13.2. The number of fused-ring (bicyclic) bond motifs is 1. The average molecular weight is 384 g/mol. The van der Waals surface area contributed by atoms with E-state index in [1.165, 1.54) is 19.2 Å². The summed E-state index contributed by atoms with van der Waals surface area (Å²) < 4.78 is 18.1. The number of likely N-dealkylation sites (N-methyl/N-ethyl adjacent to an activating group) is 1. The molecule has 1 amide bonds. The average Bonchev–Trinajstić information content (AvgIpc) is 2.72. The molecule has 6 heteroatoms. The highest BCUT2D eigenvalue weighted by atomic mass is 19.1. The molecule has 3 rings (SSSR count). The molecule has 0 spiro atoms. The predicted octanol–water partition coefficient (Wildman–Crippen LogP) is 2.95. The third-order valence-corrected chi connectivity index (χ3v) is 5.44. The van der Waals surface area contributed by atoms with Crippen molar-refractivity contribution in [3.63, 3.8) is 0 Å². The van der Waals surface area contributed by atoms with E-state index in [-0.39, 0.29) is 24.3 Å². The first-order chi connectivity index (χ1) is 13.4. The fourth-order valence-corrected chi connectivity index (χ4v) is 3.57. The smallest absolute Gasteiger partial charge is 0.328 e. The number of carbonyl (C=O) groups excluding carboxylic acids is 2. The molecule has 2 aromatic rings. The zero-order valence-corrected chi connectivity index (χ0v) is 16.4. The monoisotopic (exact) mass is 384 g/mol. The van der Waals surface area contributed by atoms with Crippen LogP contribution in [-0.2, 0) is 27.3 Å². The number of benzene rings is 2. The lowest BCUT2D eigenvalue weighted by Crippen LogP contribution is -2.51. The van der Waals surface area contributed by atoms with Crippen LogP contribution in [0.25, 0.3) is 0 Å². The minimum absolute atomic E-state index is 0.0711. The van der Waals surface area contributed by atoms with Crippen molar-refractivity contribution in [1.29, 1.82) is 0 Å². The van der Waals surface area contributed by atoms with Crippen LogP contribution in [0, 0.1) is 5.82 Å². The van der Waals surface area contributed by atoms with Gasteiger partial charge in [0, 0.05) is 19.0 Å². The van der Waals surface area contributed by atoms with Crippen molar-refractivity contribution in [3.05, 3.63) is 71.0 Å². The van der Waals surface area contributed by atoms with Crippen molar-refractivity contribution < 1.29 is 18.7 Å². The van der Waals surface area contributed by atoms with Gasteiger partial charge in [0.25, 0.3) is 0 Å². The molecular formula is C22H25FN2O3. The van der Waals surface area contributed by atoms with Gasteiger partial charge in [0.1, 0.15) is 11.9 Å². The maximum Gasteiger partial charge on any atom is 0.328 e. The zero-order valence-electron chi connectivity index (χ0n) is 16.4. The van der Waals surface area contributed by atoms with Gasteiger partial charge in [-0.1, -0.05) is 36.4 Å². The molecule has 1 aliphatic heterocycles. The molecular weight excluding hydrogens is 359 g/mol. The topological polar surface area (TPSA) is 49.9 Å². The second-order valence-electron chi connectivity index (χ2n) is 7.18. The van der Waals surface area contributed by atoms with Crippen LogP contribution in [0.15, 0.2) is 48.5 Å². The van der Waals surface area contributed by atoms with E-state index >= 15 is 0 Å². The molecule has 1 heterocycles. The van der Waals surface area contributed by atoms with E-state index < -0.39 is 12.0 Å². The Morgan fingerprint density at radius 3 is 2.46 bits per heavy atom. The number of hydrogen-bond donors (Lipinski definition) is 0. The van der Waals surface area contributed by atoms with E-state index in [0.29, 0.717) is 13.0 Å². The van der Waals surface area contributed by atoms with Crippen LogP contribution < -0.4 is 0 Å². The van der Waals surface area contributed by atoms with Crippen LogP contribution in [0.3, 0.4) is 0 Å². The van der Waals surface area contributed by atoms with Crippen LogP contribution in [0.5, 0.6) is 0 Å². The van der Waals surface area contributed by atoms with Crippen LogP contribution in [-0.4, -0.2) is 48.4 Å². The van der Waals surface area contributed by atoms with E-state index in [1.54, 1.807) is 17.0 Å². The number of carbonyl (C=O) groups is 2. The summed E-state index contributed by atoms with van der Waals surface area (Å²) in [5.41, 5.74) is 3.03. The Balaban J connectivity index is 1.75. The van der Waals surface area contributed by atoms with E-state index in [2.05, 4.69) is 0 Å². The molecule has 0 fully saturated rings. The lowest BCUT2D eigenvalue weighted by atomic mass is 9.94. The first-order valence-electron chi connectivity index (χ1n) is 9.30. The second kappa shape index (κ2) is 8.52. The predicted molar refractivity (Wildman–Crippen MR) is 104 cm³/mol. The van der Waals surface area contributed by atoms with E-state index in [0.717, 1.165) is 16.7 Å². The number of esters is 1. The van der Waals surface area contributed by atoms with Crippen molar-refractivity contribution in [2.24, 2.45) is 0 Å². The Morgan fingerprint density at radius 1 is 1.18 bits per heavy atom. The number of halogens is 1. The van der Waals surface area contributed by atoms with Gasteiger partial charge in [0.05, 0.1) is 13.7 Å². The zero-order chi connectivity index (χ0) is 20.3. The molecule has 0 aliphatic carbocycles. The summed E-state index contributed by atoms with van der Waals surface area (Å²) in [6.07, 6.45) is 0.450. The summed E-state index contributed by atoms with van der Waals surface area (Å²) >= 11 is 0. The Kier molecular flexibility index (Phi) is 6.09. The summed E-state index contributed by atoms with van der Waals surface area (Å²) in [4.78, 5) is 28.8. The van der Waals surface area contributed by atoms with Crippen LogP contribution >= 0.6 is 0 Å². The molecule has 0 radical (unpaired) electrons. The third-order valence-electron chi connectivity index (χ3n) is 5.44. The highest BCUT2D eigenvalue weighted by Crippen LogP contribution is 2.25. The fourth-order valence-electron chi connectivity index (χ4n) is 3.57. The Labute approximate surface area is 164 Å². The van der Waals surface area contributed by atoms with Crippen molar-refractivity contribution >= 4 is 11.9 Å². The minimum Gasteiger partial charge on any atom is -0.467 e. The maximum atomic E-state index is 13.2. The number of hydrogen-bond acceptors (Lipinski definition) is 4. The highest BCUT2D eigenvalue weighted by molar-refractivity contribution is 5.86. The van der Waals surface area contributed by atoms with E-state index in [9.17, 15) is 14.0 Å². The molecule has 0 saturated heterocycles. The van der Waals surface area contributed by atoms with Crippen molar-refractivity contribution in [2.75, 3.05) is 20.7 Å². The molecule has 5 nitrogen and oxygen atoms in total. The molecule has 28 heavy (non-hydrogen) atoms. The van der Waals surface area contributed by atoms with Gasteiger partial charge in [-0.05, 0) is 42.8 Å². The SMILES string of the molecule is COC(=O)C1Cc2ccccc2CN1C(=O)CN(C)C(C)c1ccc(F)cc1. The molecule has 0 N–H and O–H groups in total. The summed E-state index contributed by atoms with van der Waals surface area (Å²) in [6, 6.07) is 13.4. The molecule has 2 unspecified atom stereocenters. The van der Waals surface area contributed by atoms with E-state index in [4.69, 9.17) is 4.74 Å². The van der Waals surface area contributed by atoms with Crippen LogP contribution in [0.2, 0.25) is 0 Å². The lowest BCUT2D eigenvalue weighted by Gasteiger charge is -2.36. The molecule has 148 valence electrons. The number of ether oxygens (including phenoxy) is 1. The van der Waals surface area contributed by atoms with Gasteiger partial charge in [0.2, 0.25) is 5.91 Å². The molecule has 0 aromatic heterocycles. The Morgan fingerprint density at radius 2 is 1.82 bits per heavy atom. The number of methoxy groups -OCH3 is 1. The fraction of sp³-hybridized carbons (Fsp3) is 0.364. The Hall–Kier alpha value is -2.73. The summed E-state index contributed by atoms with van der Waals surface area (Å²) in [5, 5.41) is 0. The quantitative estimate of drug-likeness (QED) is 0.744. The first kappa shape index (κ1) is 20.0. The summed E-state index contributed by atoms with van der Waals surface area (Å²) in [7, 11) is 3.19. The largest absolute Gasteiger partial charge is 0.467 e. The second-order valence-corrected chi connectivity index (χ2v) is 7.18. The molecule has 2 aromatic carbocycles. The van der Waals surface area contributed by atoms with Gasteiger partial charge in [-0.15, -0.1) is 0 Å². The molecule has 0 bridgehead atoms. The normalized spacial score (nSPS) is 17.2. The standard InChI is InChI=1S/C22H25FN2O3/c1-15(16-8-10-19(23)11-9-16)24(2)14-21(26)25-13-18-7-5-4-6-17(18)12-20(25)22(27)28-3/h4-11,15,20H,12-14H2,1-3H3. The van der Waals surface area contributed by atoms with Gasteiger partial charge < -0.3 is 9.64 Å². The van der Waals surface area contributed by atoms with Gasteiger partial charge in [-0.25, -0.2) is 9.18 Å².